The molecule has 1 aromatic rings. The Labute approximate surface area is 118 Å². The molecule has 1 unspecified atom stereocenters. The third-order valence-electron chi connectivity index (χ3n) is 2.85. The Bertz CT molecular complexity index is 405. The fourth-order valence-corrected chi connectivity index (χ4v) is 2.98. The van der Waals surface area contributed by atoms with Crippen LogP contribution in [-0.4, -0.2) is 53.1 Å². The van der Waals surface area contributed by atoms with E-state index in [1.54, 1.807) is 0 Å². The van der Waals surface area contributed by atoms with Crippen LogP contribution in [0.5, 0.6) is 0 Å². The second kappa shape index (κ2) is 6.79. The summed E-state index contributed by atoms with van der Waals surface area (Å²) in [6.45, 7) is 2.83. The first-order chi connectivity index (χ1) is 9.19. The summed E-state index contributed by atoms with van der Waals surface area (Å²) in [4.78, 5) is 15.1. The molecule has 1 saturated heterocycles. The summed E-state index contributed by atoms with van der Waals surface area (Å²) in [5.41, 5.74) is 0. The van der Waals surface area contributed by atoms with Gasteiger partial charge < -0.3 is 15.5 Å². The monoisotopic (exact) mass is 282 g/mol. The van der Waals surface area contributed by atoms with Gasteiger partial charge in [0.25, 0.3) is 0 Å². The lowest BCUT2D eigenvalue weighted by Gasteiger charge is -2.23. The molecule has 19 heavy (non-hydrogen) atoms. The van der Waals surface area contributed by atoms with Crippen molar-refractivity contribution in [2.24, 2.45) is 0 Å². The molecular formula is C12H22N6S. The number of anilines is 3. The average molecular weight is 282 g/mol. The van der Waals surface area contributed by atoms with Gasteiger partial charge in [-0.05, 0) is 25.5 Å². The molecule has 1 aliphatic rings. The van der Waals surface area contributed by atoms with Gasteiger partial charge in [0.05, 0.1) is 0 Å². The van der Waals surface area contributed by atoms with Crippen LogP contribution in [0, 0.1) is 0 Å². The van der Waals surface area contributed by atoms with E-state index in [4.69, 9.17) is 0 Å². The number of nitrogens with one attached hydrogen (secondary N) is 2. The van der Waals surface area contributed by atoms with Gasteiger partial charge in [0, 0.05) is 32.4 Å². The van der Waals surface area contributed by atoms with E-state index in [-0.39, 0.29) is 0 Å². The Kier molecular flexibility index (Phi) is 5.07. The van der Waals surface area contributed by atoms with E-state index >= 15 is 0 Å². The Hall–Kier alpha value is -1.24. The summed E-state index contributed by atoms with van der Waals surface area (Å²) in [5, 5.41) is 6.57. The molecule has 0 spiro atoms. The van der Waals surface area contributed by atoms with Crippen LogP contribution in [0.2, 0.25) is 0 Å². The summed E-state index contributed by atoms with van der Waals surface area (Å²) in [6, 6.07) is 0.464. The number of nitrogens with zero attached hydrogens (tertiary/aromatic N) is 4. The van der Waals surface area contributed by atoms with Crippen LogP contribution >= 0.6 is 11.8 Å². The summed E-state index contributed by atoms with van der Waals surface area (Å²) in [5.74, 6) is 4.37. The zero-order valence-electron chi connectivity index (χ0n) is 11.8. The Morgan fingerprint density at radius 3 is 2.68 bits per heavy atom. The van der Waals surface area contributed by atoms with Gasteiger partial charge in [-0.1, -0.05) is 0 Å². The van der Waals surface area contributed by atoms with E-state index in [1.165, 1.54) is 18.6 Å². The SMILES string of the molecule is CCNc1nc(NC2CCCSC2)nc(N(C)C)n1. The summed E-state index contributed by atoms with van der Waals surface area (Å²) in [7, 11) is 3.87. The Balaban J connectivity index is 2.12. The molecule has 2 N–H and O–H groups in total. The van der Waals surface area contributed by atoms with Gasteiger partial charge in [-0.25, -0.2) is 0 Å². The van der Waals surface area contributed by atoms with Crippen molar-refractivity contribution >= 4 is 29.6 Å². The molecule has 7 heteroatoms. The number of aromatic nitrogens is 3. The standard InChI is InChI=1S/C12H22N6S/c1-4-13-10-15-11(17-12(16-10)18(2)3)14-9-6-5-7-19-8-9/h9H,4-8H2,1-3H3,(H2,13,14,15,16,17). The fraction of sp³-hybridized carbons (Fsp3) is 0.750. The van der Waals surface area contributed by atoms with Gasteiger partial charge in [0.2, 0.25) is 17.8 Å². The van der Waals surface area contributed by atoms with Crippen LogP contribution in [-0.2, 0) is 0 Å². The highest BCUT2D eigenvalue weighted by Gasteiger charge is 2.16. The van der Waals surface area contributed by atoms with Crippen LogP contribution in [0.25, 0.3) is 0 Å². The highest BCUT2D eigenvalue weighted by molar-refractivity contribution is 7.99. The van der Waals surface area contributed by atoms with Crippen LogP contribution in [0.15, 0.2) is 0 Å². The molecule has 0 radical (unpaired) electrons. The van der Waals surface area contributed by atoms with Crippen molar-refractivity contribution in [2.75, 3.05) is 47.7 Å². The average Bonchev–Trinajstić information content (AvgIpc) is 2.40. The zero-order chi connectivity index (χ0) is 13.7. The molecule has 1 aromatic heterocycles. The van der Waals surface area contributed by atoms with E-state index in [0.717, 1.165) is 12.3 Å². The van der Waals surface area contributed by atoms with E-state index in [0.29, 0.717) is 23.9 Å². The maximum Gasteiger partial charge on any atom is 0.231 e. The van der Waals surface area contributed by atoms with Gasteiger partial charge >= 0.3 is 0 Å². The predicted molar refractivity (Wildman–Crippen MR) is 82.3 cm³/mol. The minimum Gasteiger partial charge on any atom is -0.354 e. The molecule has 0 amide bonds. The largest absolute Gasteiger partial charge is 0.354 e. The number of hydrogen-bond donors (Lipinski definition) is 2. The van der Waals surface area contributed by atoms with Crippen molar-refractivity contribution in [1.29, 1.82) is 0 Å². The van der Waals surface area contributed by atoms with Crippen molar-refractivity contribution in [1.82, 2.24) is 15.0 Å². The highest BCUT2D eigenvalue weighted by Crippen LogP contribution is 2.20. The number of thioether (sulfide) groups is 1. The van der Waals surface area contributed by atoms with Crippen molar-refractivity contribution < 1.29 is 0 Å². The first-order valence-electron chi connectivity index (χ1n) is 6.70. The Morgan fingerprint density at radius 1 is 1.26 bits per heavy atom. The molecule has 0 aliphatic carbocycles. The van der Waals surface area contributed by atoms with E-state index in [1.807, 2.05) is 37.7 Å². The van der Waals surface area contributed by atoms with Gasteiger partial charge in [-0.3, -0.25) is 0 Å². The summed E-state index contributed by atoms with van der Waals surface area (Å²) in [6.07, 6.45) is 2.44. The van der Waals surface area contributed by atoms with Gasteiger partial charge in [-0.15, -0.1) is 0 Å². The van der Waals surface area contributed by atoms with Crippen LogP contribution in [0.1, 0.15) is 19.8 Å². The molecule has 1 aliphatic heterocycles. The molecule has 0 aromatic carbocycles. The molecule has 0 bridgehead atoms. The molecule has 2 rings (SSSR count). The molecule has 0 saturated carbocycles. The van der Waals surface area contributed by atoms with Crippen molar-refractivity contribution in [3.05, 3.63) is 0 Å². The van der Waals surface area contributed by atoms with Crippen molar-refractivity contribution in [3.8, 4) is 0 Å². The second-order valence-electron chi connectivity index (χ2n) is 4.77. The molecule has 2 heterocycles. The Morgan fingerprint density at radius 2 is 2.05 bits per heavy atom. The first kappa shape index (κ1) is 14.2. The van der Waals surface area contributed by atoms with E-state index in [2.05, 4.69) is 25.6 Å². The van der Waals surface area contributed by atoms with E-state index < -0.39 is 0 Å². The molecule has 1 fully saturated rings. The molecule has 1 atom stereocenters. The highest BCUT2D eigenvalue weighted by atomic mass is 32.2. The van der Waals surface area contributed by atoms with E-state index in [9.17, 15) is 0 Å². The lowest BCUT2D eigenvalue weighted by Crippen LogP contribution is -2.27. The molecule has 106 valence electrons. The van der Waals surface area contributed by atoms with Gasteiger partial charge in [0.1, 0.15) is 0 Å². The molecular weight excluding hydrogens is 260 g/mol. The van der Waals surface area contributed by atoms with Crippen LogP contribution in [0.3, 0.4) is 0 Å². The normalized spacial score (nSPS) is 19.0. The lowest BCUT2D eigenvalue weighted by atomic mass is 10.2. The molecule has 6 nitrogen and oxygen atoms in total. The lowest BCUT2D eigenvalue weighted by molar-refractivity contribution is 0.678. The van der Waals surface area contributed by atoms with Gasteiger partial charge in [0.15, 0.2) is 0 Å². The maximum atomic E-state index is 4.45. The fourth-order valence-electron chi connectivity index (χ4n) is 1.90. The minimum atomic E-state index is 0.464. The summed E-state index contributed by atoms with van der Waals surface area (Å²) < 4.78 is 0. The zero-order valence-corrected chi connectivity index (χ0v) is 12.6. The summed E-state index contributed by atoms with van der Waals surface area (Å²) >= 11 is 1.99. The van der Waals surface area contributed by atoms with Crippen molar-refractivity contribution in [2.45, 2.75) is 25.8 Å². The first-order valence-corrected chi connectivity index (χ1v) is 7.86. The van der Waals surface area contributed by atoms with Crippen LogP contribution < -0.4 is 15.5 Å². The third kappa shape index (κ3) is 4.12. The predicted octanol–water partition coefficient (Wildman–Crippen LogP) is 1.68. The maximum absolute atomic E-state index is 4.45. The third-order valence-corrected chi connectivity index (χ3v) is 4.07. The smallest absolute Gasteiger partial charge is 0.231 e. The topological polar surface area (TPSA) is 66.0 Å². The number of hydrogen-bond acceptors (Lipinski definition) is 7. The van der Waals surface area contributed by atoms with Gasteiger partial charge in [-0.2, -0.15) is 26.7 Å². The van der Waals surface area contributed by atoms with Crippen LogP contribution in [0.4, 0.5) is 17.8 Å². The minimum absolute atomic E-state index is 0.464. The number of rotatable bonds is 5. The second-order valence-corrected chi connectivity index (χ2v) is 5.92. The quantitative estimate of drug-likeness (QED) is 0.851. The van der Waals surface area contributed by atoms with Crippen molar-refractivity contribution in [3.63, 3.8) is 0 Å².